The summed E-state index contributed by atoms with van der Waals surface area (Å²) in [7, 11) is 1.63. The van der Waals surface area contributed by atoms with Crippen molar-refractivity contribution in [3.05, 3.63) is 29.8 Å². The Balaban J connectivity index is 2.56. The fourth-order valence-electron chi connectivity index (χ4n) is 1.38. The van der Waals surface area contributed by atoms with Gasteiger partial charge in [0.1, 0.15) is 5.75 Å². The first kappa shape index (κ1) is 14.0. The third kappa shape index (κ3) is 4.77. The highest BCUT2D eigenvalue weighted by molar-refractivity contribution is 9.09. The predicted molar refractivity (Wildman–Crippen MR) is 72.7 cm³/mol. The quantitative estimate of drug-likeness (QED) is 0.849. The number of nitrogens with one attached hydrogen (secondary N) is 1. The second kappa shape index (κ2) is 6.05. The molecular weight excluding hydrogens is 282 g/mol. The Morgan fingerprint density at radius 2 is 1.94 bits per heavy atom. The average Bonchev–Trinajstić information content (AvgIpc) is 2.29. The molecule has 0 saturated heterocycles. The third-order valence-corrected chi connectivity index (χ3v) is 3.74. The van der Waals surface area contributed by atoms with Crippen molar-refractivity contribution in [2.24, 2.45) is 0 Å². The van der Waals surface area contributed by atoms with Crippen molar-refractivity contribution in [1.29, 1.82) is 0 Å². The monoisotopic (exact) mass is 299 g/mol. The van der Waals surface area contributed by atoms with Gasteiger partial charge in [-0.1, -0.05) is 28.1 Å². The van der Waals surface area contributed by atoms with E-state index in [0.717, 1.165) is 16.6 Å². The van der Waals surface area contributed by atoms with Gasteiger partial charge in [-0.15, -0.1) is 0 Å². The van der Waals surface area contributed by atoms with E-state index in [2.05, 4.69) is 21.2 Å². The smallest absolute Gasteiger partial charge is 0.224 e. The topological polar surface area (TPSA) is 38.3 Å². The Labute approximate surface area is 111 Å². The zero-order valence-corrected chi connectivity index (χ0v) is 12.0. The molecule has 94 valence electrons. The highest BCUT2D eigenvalue weighted by Crippen LogP contribution is 2.12. The van der Waals surface area contributed by atoms with Gasteiger partial charge in [-0.25, -0.2) is 0 Å². The molecule has 17 heavy (non-hydrogen) atoms. The van der Waals surface area contributed by atoms with Crippen LogP contribution in [-0.2, 0) is 11.2 Å². The SMILES string of the molecule is COc1ccc(CC(=O)NC(C)(C)CBr)cc1. The van der Waals surface area contributed by atoms with E-state index in [0.29, 0.717) is 6.42 Å². The van der Waals surface area contributed by atoms with E-state index in [1.807, 2.05) is 38.1 Å². The number of amides is 1. The molecule has 0 heterocycles. The Kier molecular flexibility index (Phi) is 5.00. The van der Waals surface area contributed by atoms with E-state index in [1.165, 1.54) is 0 Å². The van der Waals surface area contributed by atoms with Crippen LogP contribution in [0.15, 0.2) is 24.3 Å². The largest absolute Gasteiger partial charge is 0.497 e. The van der Waals surface area contributed by atoms with Crippen molar-refractivity contribution in [2.45, 2.75) is 25.8 Å². The third-order valence-electron chi connectivity index (χ3n) is 2.34. The summed E-state index contributed by atoms with van der Waals surface area (Å²) in [6, 6.07) is 7.52. The van der Waals surface area contributed by atoms with E-state index < -0.39 is 0 Å². The van der Waals surface area contributed by atoms with Gasteiger partial charge in [0, 0.05) is 10.9 Å². The number of alkyl halides is 1. The summed E-state index contributed by atoms with van der Waals surface area (Å²) in [5, 5.41) is 3.70. The van der Waals surface area contributed by atoms with Gasteiger partial charge < -0.3 is 10.1 Å². The number of hydrogen-bond acceptors (Lipinski definition) is 2. The van der Waals surface area contributed by atoms with Crippen LogP contribution in [0.1, 0.15) is 19.4 Å². The molecule has 0 saturated carbocycles. The van der Waals surface area contributed by atoms with Crippen molar-refractivity contribution in [3.63, 3.8) is 0 Å². The van der Waals surface area contributed by atoms with Gasteiger partial charge in [0.15, 0.2) is 0 Å². The molecule has 3 nitrogen and oxygen atoms in total. The number of hydrogen-bond donors (Lipinski definition) is 1. The van der Waals surface area contributed by atoms with E-state index in [-0.39, 0.29) is 11.4 Å². The summed E-state index contributed by atoms with van der Waals surface area (Å²) in [6.07, 6.45) is 0.389. The van der Waals surface area contributed by atoms with Crippen LogP contribution < -0.4 is 10.1 Å². The van der Waals surface area contributed by atoms with Gasteiger partial charge in [0.25, 0.3) is 0 Å². The van der Waals surface area contributed by atoms with Crippen molar-refractivity contribution in [1.82, 2.24) is 5.32 Å². The number of ether oxygens (including phenoxy) is 1. The predicted octanol–water partition coefficient (Wildman–Crippen LogP) is 2.53. The molecule has 4 heteroatoms. The summed E-state index contributed by atoms with van der Waals surface area (Å²) in [5.41, 5.74) is 0.762. The normalized spacial score (nSPS) is 11.1. The van der Waals surface area contributed by atoms with Crippen LogP contribution in [0.25, 0.3) is 0 Å². The van der Waals surface area contributed by atoms with E-state index in [9.17, 15) is 4.79 Å². The lowest BCUT2D eigenvalue weighted by Crippen LogP contribution is -2.45. The van der Waals surface area contributed by atoms with Gasteiger partial charge in [-0.2, -0.15) is 0 Å². The molecule has 0 unspecified atom stereocenters. The summed E-state index contributed by atoms with van der Waals surface area (Å²) in [6.45, 7) is 3.96. The van der Waals surface area contributed by atoms with Gasteiger partial charge >= 0.3 is 0 Å². The first-order valence-electron chi connectivity index (χ1n) is 5.47. The highest BCUT2D eigenvalue weighted by Gasteiger charge is 2.18. The number of rotatable bonds is 5. The minimum absolute atomic E-state index is 0.0274. The average molecular weight is 300 g/mol. The zero-order chi connectivity index (χ0) is 12.9. The molecule has 1 rings (SSSR count). The van der Waals surface area contributed by atoms with Crippen LogP contribution in [0.5, 0.6) is 5.75 Å². The molecule has 0 fully saturated rings. The molecule has 1 aromatic carbocycles. The first-order valence-corrected chi connectivity index (χ1v) is 6.59. The Bertz CT molecular complexity index is 374. The Morgan fingerprint density at radius 1 is 1.35 bits per heavy atom. The van der Waals surface area contributed by atoms with Gasteiger partial charge in [0.2, 0.25) is 5.91 Å². The molecule has 0 aromatic heterocycles. The fourth-order valence-corrected chi connectivity index (χ4v) is 1.52. The number of methoxy groups -OCH3 is 1. The van der Waals surface area contributed by atoms with E-state index >= 15 is 0 Å². The molecule has 1 N–H and O–H groups in total. The molecular formula is C13H18BrNO2. The molecule has 0 aliphatic rings. The standard InChI is InChI=1S/C13H18BrNO2/c1-13(2,9-14)15-12(16)8-10-4-6-11(17-3)7-5-10/h4-7H,8-9H2,1-3H3,(H,15,16). The number of carbonyl (C=O) groups is 1. The van der Waals surface area contributed by atoms with Crippen LogP contribution in [0.4, 0.5) is 0 Å². The maximum absolute atomic E-state index is 11.8. The second-order valence-corrected chi connectivity index (χ2v) is 5.15. The first-order chi connectivity index (χ1) is 7.96. The summed E-state index contributed by atoms with van der Waals surface area (Å²) >= 11 is 3.37. The summed E-state index contributed by atoms with van der Waals surface area (Å²) < 4.78 is 5.07. The molecule has 1 aromatic rings. The van der Waals surface area contributed by atoms with Crippen molar-refractivity contribution in [2.75, 3.05) is 12.4 Å². The van der Waals surface area contributed by atoms with Crippen LogP contribution in [-0.4, -0.2) is 23.9 Å². The molecule has 0 aliphatic carbocycles. The van der Waals surface area contributed by atoms with Crippen LogP contribution in [0.3, 0.4) is 0 Å². The van der Waals surface area contributed by atoms with Crippen molar-refractivity contribution < 1.29 is 9.53 Å². The van der Waals surface area contributed by atoms with Crippen molar-refractivity contribution in [3.8, 4) is 5.75 Å². The van der Waals surface area contributed by atoms with Crippen LogP contribution in [0, 0.1) is 0 Å². The fraction of sp³-hybridized carbons (Fsp3) is 0.462. The molecule has 1 amide bonds. The van der Waals surface area contributed by atoms with Gasteiger partial charge in [-0.3, -0.25) is 4.79 Å². The Morgan fingerprint density at radius 3 is 2.41 bits per heavy atom. The zero-order valence-electron chi connectivity index (χ0n) is 10.4. The number of benzene rings is 1. The lowest BCUT2D eigenvalue weighted by molar-refractivity contribution is -0.121. The van der Waals surface area contributed by atoms with Crippen LogP contribution >= 0.6 is 15.9 Å². The lowest BCUT2D eigenvalue weighted by Gasteiger charge is -2.23. The summed E-state index contributed by atoms with van der Waals surface area (Å²) in [4.78, 5) is 11.8. The molecule has 0 spiro atoms. The van der Waals surface area contributed by atoms with E-state index in [4.69, 9.17) is 4.74 Å². The molecule has 0 radical (unpaired) electrons. The second-order valence-electron chi connectivity index (χ2n) is 4.59. The number of carbonyl (C=O) groups excluding carboxylic acids is 1. The Hall–Kier alpha value is -1.03. The molecule has 0 atom stereocenters. The van der Waals surface area contributed by atoms with Gasteiger partial charge in [0.05, 0.1) is 13.5 Å². The molecule has 0 bridgehead atoms. The van der Waals surface area contributed by atoms with Gasteiger partial charge in [-0.05, 0) is 31.5 Å². The van der Waals surface area contributed by atoms with Crippen LogP contribution in [0.2, 0.25) is 0 Å². The molecule has 0 aliphatic heterocycles. The van der Waals surface area contributed by atoms with Crippen molar-refractivity contribution >= 4 is 21.8 Å². The maximum atomic E-state index is 11.8. The lowest BCUT2D eigenvalue weighted by atomic mass is 10.1. The minimum Gasteiger partial charge on any atom is -0.497 e. The van der Waals surface area contributed by atoms with E-state index in [1.54, 1.807) is 7.11 Å². The summed E-state index contributed by atoms with van der Waals surface area (Å²) in [5.74, 6) is 0.828. The highest BCUT2D eigenvalue weighted by atomic mass is 79.9. The minimum atomic E-state index is -0.219. The maximum Gasteiger partial charge on any atom is 0.224 e. The number of halogens is 1.